The normalized spacial score (nSPS) is 14.8. The van der Waals surface area contributed by atoms with Crippen LogP contribution in [0.1, 0.15) is 30.6 Å². The first-order chi connectivity index (χ1) is 7.56. The molecule has 0 amide bonds. The summed E-state index contributed by atoms with van der Waals surface area (Å²) >= 11 is 5.88. The molecule has 90 valence electrons. The monoisotopic (exact) mass is 242 g/mol. The first-order valence-electron chi connectivity index (χ1n) is 5.49. The first-order valence-corrected chi connectivity index (χ1v) is 5.87. The number of aryl methyl sites for hydroxylation is 1. The van der Waals surface area contributed by atoms with Gasteiger partial charge in [0.15, 0.2) is 0 Å². The zero-order chi connectivity index (χ0) is 12.1. The van der Waals surface area contributed by atoms with E-state index in [0.29, 0.717) is 11.6 Å². The van der Waals surface area contributed by atoms with Gasteiger partial charge in [0.1, 0.15) is 0 Å². The fraction of sp³-hybridized carbons (Fsp3) is 0.538. The molecule has 1 aromatic rings. The van der Waals surface area contributed by atoms with E-state index >= 15 is 0 Å². The van der Waals surface area contributed by atoms with Crippen molar-refractivity contribution in [2.45, 2.75) is 26.4 Å². The third-order valence-corrected chi connectivity index (χ3v) is 3.10. The zero-order valence-electron chi connectivity index (χ0n) is 10.0. The smallest absolute Gasteiger partial charge is 0.0818 e. The van der Waals surface area contributed by atoms with Gasteiger partial charge in [0.25, 0.3) is 0 Å². The van der Waals surface area contributed by atoms with Crippen molar-refractivity contribution in [3.8, 4) is 0 Å². The summed E-state index contributed by atoms with van der Waals surface area (Å²) < 4.78 is 5.02. The lowest BCUT2D eigenvalue weighted by atomic mass is 9.92. The van der Waals surface area contributed by atoms with Crippen molar-refractivity contribution in [3.05, 3.63) is 34.3 Å². The molecule has 0 bridgehead atoms. The van der Waals surface area contributed by atoms with E-state index in [1.54, 1.807) is 7.11 Å². The van der Waals surface area contributed by atoms with Crippen molar-refractivity contribution in [3.63, 3.8) is 0 Å². The van der Waals surface area contributed by atoms with E-state index in [-0.39, 0.29) is 5.92 Å². The highest BCUT2D eigenvalue weighted by Crippen LogP contribution is 2.28. The molecular formula is C13H19ClO2. The molecule has 2 unspecified atom stereocenters. The molecule has 2 atom stereocenters. The second-order valence-electron chi connectivity index (χ2n) is 4.20. The van der Waals surface area contributed by atoms with Crippen molar-refractivity contribution >= 4 is 11.6 Å². The predicted octanol–water partition coefficient (Wildman–Crippen LogP) is 3.35. The molecule has 1 N–H and O–H groups in total. The van der Waals surface area contributed by atoms with Crippen LogP contribution in [0.15, 0.2) is 18.2 Å². The number of hydrogen-bond donors (Lipinski definition) is 1. The summed E-state index contributed by atoms with van der Waals surface area (Å²) in [5.41, 5.74) is 1.98. The standard InChI is InChI=1S/C13H19ClO2/c1-9(6-7-16-3)13(15)12-5-4-11(14)8-10(12)2/h4-5,8-9,13,15H,6-7H2,1-3H3. The number of methoxy groups -OCH3 is 1. The Morgan fingerprint density at radius 1 is 1.44 bits per heavy atom. The molecule has 1 aromatic carbocycles. The molecule has 0 aromatic heterocycles. The maximum absolute atomic E-state index is 10.2. The molecular weight excluding hydrogens is 224 g/mol. The highest BCUT2D eigenvalue weighted by molar-refractivity contribution is 6.30. The maximum Gasteiger partial charge on any atom is 0.0818 e. The minimum Gasteiger partial charge on any atom is -0.388 e. The van der Waals surface area contributed by atoms with E-state index < -0.39 is 6.10 Å². The van der Waals surface area contributed by atoms with Gasteiger partial charge in [0, 0.05) is 18.7 Å². The van der Waals surface area contributed by atoms with Crippen LogP contribution in [0.2, 0.25) is 5.02 Å². The first kappa shape index (κ1) is 13.5. The van der Waals surface area contributed by atoms with Crippen LogP contribution in [0.4, 0.5) is 0 Å². The van der Waals surface area contributed by atoms with Gasteiger partial charge >= 0.3 is 0 Å². The van der Waals surface area contributed by atoms with Crippen molar-refractivity contribution in [1.82, 2.24) is 0 Å². The van der Waals surface area contributed by atoms with E-state index in [1.165, 1.54) is 0 Å². The number of hydrogen-bond acceptors (Lipinski definition) is 2. The van der Waals surface area contributed by atoms with Gasteiger partial charge < -0.3 is 9.84 Å². The van der Waals surface area contributed by atoms with Crippen LogP contribution in [-0.2, 0) is 4.74 Å². The van der Waals surface area contributed by atoms with Gasteiger partial charge in [-0.15, -0.1) is 0 Å². The SMILES string of the molecule is COCCC(C)C(O)c1ccc(Cl)cc1C. The molecule has 16 heavy (non-hydrogen) atoms. The number of aliphatic hydroxyl groups is 1. The van der Waals surface area contributed by atoms with E-state index in [0.717, 1.165) is 17.5 Å². The molecule has 0 aliphatic rings. The highest BCUT2D eigenvalue weighted by Gasteiger charge is 2.17. The number of halogens is 1. The van der Waals surface area contributed by atoms with Crippen LogP contribution in [-0.4, -0.2) is 18.8 Å². The lowest BCUT2D eigenvalue weighted by Crippen LogP contribution is -2.12. The van der Waals surface area contributed by atoms with Gasteiger partial charge in [-0.05, 0) is 42.5 Å². The summed E-state index contributed by atoms with van der Waals surface area (Å²) in [4.78, 5) is 0. The Morgan fingerprint density at radius 2 is 2.12 bits per heavy atom. The minimum atomic E-state index is -0.451. The van der Waals surface area contributed by atoms with E-state index in [9.17, 15) is 5.11 Å². The van der Waals surface area contributed by atoms with E-state index in [2.05, 4.69) is 0 Å². The Kier molecular flexibility index (Phi) is 5.26. The number of aliphatic hydroxyl groups excluding tert-OH is 1. The molecule has 0 heterocycles. The van der Waals surface area contributed by atoms with E-state index in [4.69, 9.17) is 16.3 Å². The van der Waals surface area contributed by atoms with Crippen molar-refractivity contribution < 1.29 is 9.84 Å². The van der Waals surface area contributed by atoms with Crippen molar-refractivity contribution in [2.24, 2.45) is 5.92 Å². The van der Waals surface area contributed by atoms with Crippen LogP contribution < -0.4 is 0 Å². The number of ether oxygens (including phenoxy) is 1. The Morgan fingerprint density at radius 3 is 2.69 bits per heavy atom. The van der Waals surface area contributed by atoms with Gasteiger partial charge in [-0.1, -0.05) is 24.6 Å². The second-order valence-corrected chi connectivity index (χ2v) is 4.64. The quantitative estimate of drug-likeness (QED) is 0.858. The van der Waals surface area contributed by atoms with Crippen LogP contribution in [0, 0.1) is 12.8 Å². The van der Waals surface area contributed by atoms with Gasteiger partial charge in [0.05, 0.1) is 6.10 Å². The van der Waals surface area contributed by atoms with Crippen LogP contribution in [0.3, 0.4) is 0 Å². The Bertz CT molecular complexity index is 339. The Balaban J connectivity index is 2.75. The lowest BCUT2D eigenvalue weighted by Gasteiger charge is -2.20. The van der Waals surface area contributed by atoms with Gasteiger partial charge in [-0.2, -0.15) is 0 Å². The Labute approximate surface area is 102 Å². The fourth-order valence-corrected chi connectivity index (χ4v) is 1.97. The molecule has 2 nitrogen and oxygen atoms in total. The van der Waals surface area contributed by atoms with Crippen molar-refractivity contribution in [1.29, 1.82) is 0 Å². The van der Waals surface area contributed by atoms with Gasteiger partial charge in [-0.25, -0.2) is 0 Å². The van der Waals surface area contributed by atoms with Crippen molar-refractivity contribution in [2.75, 3.05) is 13.7 Å². The van der Waals surface area contributed by atoms with Gasteiger partial charge in [0.2, 0.25) is 0 Å². The lowest BCUT2D eigenvalue weighted by molar-refractivity contribution is 0.0881. The van der Waals surface area contributed by atoms with Crippen LogP contribution in [0.25, 0.3) is 0 Å². The molecule has 1 rings (SSSR count). The average Bonchev–Trinajstić information content (AvgIpc) is 2.25. The minimum absolute atomic E-state index is 0.180. The second kappa shape index (κ2) is 6.24. The fourth-order valence-electron chi connectivity index (χ4n) is 1.74. The average molecular weight is 243 g/mol. The summed E-state index contributed by atoms with van der Waals surface area (Å²) in [7, 11) is 1.67. The van der Waals surface area contributed by atoms with Gasteiger partial charge in [-0.3, -0.25) is 0 Å². The summed E-state index contributed by atoms with van der Waals surface area (Å²) in [6, 6.07) is 5.59. The third-order valence-electron chi connectivity index (χ3n) is 2.87. The zero-order valence-corrected chi connectivity index (χ0v) is 10.8. The van der Waals surface area contributed by atoms with E-state index in [1.807, 2.05) is 32.0 Å². The molecule has 0 fully saturated rings. The summed E-state index contributed by atoms with van der Waals surface area (Å²) in [6.45, 7) is 4.66. The maximum atomic E-state index is 10.2. The molecule has 3 heteroatoms. The Hall–Kier alpha value is -0.570. The molecule has 0 spiro atoms. The number of benzene rings is 1. The van der Waals surface area contributed by atoms with Crippen LogP contribution >= 0.6 is 11.6 Å². The van der Waals surface area contributed by atoms with Crippen LogP contribution in [0.5, 0.6) is 0 Å². The molecule has 0 aliphatic heterocycles. The summed E-state index contributed by atoms with van der Waals surface area (Å²) in [5.74, 6) is 0.180. The highest BCUT2D eigenvalue weighted by atomic mass is 35.5. The topological polar surface area (TPSA) is 29.5 Å². The molecule has 0 saturated heterocycles. The number of rotatable bonds is 5. The molecule has 0 aliphatic carbocycles. The summed E-state index contributed by atoms with van der Waals surface area (Å²) in [5, 5.41) is 10.9. The summed E-state index contributed by atoms with van der Waals surface area (Å²) in [6.07, 6.45) is 0.395. The molecule has 0 radical (unpaired) electrons. The predicted molar refractivity (Wildman–Crippen MR) is 66.8 cm³/mol. The largest absolute Gasteiger partial charge is 0.388 e. The molecule has 0 saturated carbocycles. The third kappa shape index (κ3) is 3.48.